The molecule has 3 nitrogen and oxygen atoms in total. The normalized spacial score (nSPS) is 20.7. The van der Waals surface area contributed by atoms with E-state index in [1.165, 1.54) is 12.3 Å². The van der Waals surface area contributed by atoms with Crippen LogP contribution < -0.4 is 4.57 Å². The Hall–Kier alpha value is -2.68. The second-order valence-corrected chi connectivity index (χ2v) is 6.44. The molecule has 1 atom stereocenters. The summed E-state index contributed by atoms with van der Waals surface area (Å²) in [7, 11) is 1.63. The molecule has 0 amide bonds. The molecule has 0 N–H and O–H groups in total. The first-order valence-electron chi connectivity index (χ1n) is 12.8. The third-order valence-corrected chi connectivity index (χ3v) is 4.48. The van der Waals surface area contributed by atoms with Crippen molar-refractivity contribution in [2.24, 2.45) is 12.9 Å². The number of aryl methyl sites for hydroxylation is 3. The molecule has 4 rings (SSSR count). The largest absolute Gasteiger partial charge is 0.437 e. The van der Waals surface area contributed by atoms with Gasteiger partial charge in [0, 0.05) is 40.9 Å². The fourth-order valence-corrected chi connectivity index (χ4v) is 3.29. The van der Waals surface area contributed by atoms with Crippen molar-refractivity contribution in [3.8, 4) is 11.3 Å². The third kappa shape index (κ3) is 2.68. The summed E-state index contributed by atoms with van der Waals surface area (Å²) in [6.07, 6.45) is 0.0609. The molecule has 26 heavy (non-hydrogen) atoms. The Balaban J connectivity index is 2.10. The first-order chi connectivity index (χ1) is 16.0. The van der Waals surface area contributed by atoms with Gasteiger partial charge in [0.2, 0.25) is 11.4 Å². The summed E-state index contributed by atoms with van der Waals surface area (Å²) < 4.78 is 80.8. The van der Waals surface area contributed by atoms with Gasteiger partial charge in [-0.3, -0.25) is 0 Å². The number of furan rings is 1. The zero-order valence-corrected chi connectivity index (χ0v) is 14.8. The van der Waals surface area contributed by atoms with E-state index in [1.54, 1.807) is 23.9 Å². The van der Waals surface area contributed by atoms with Crippen LogP contribution in [0.15, 0.2) is 47.1 Å². The number of hydrogen-bond acceptors (Lipinski definition) is 2. The molecular formula is C23H25N2O+. The van der Waals surface area contributed by atoms with Crippen molar-refractivity contribution in [1.29, 1.82) is 0 Å². The Morgan fingerprint density at radius 1 is 1.31 bits per heavy atom. The molecular weight excluding hydrogens is 320 g/mol. The lowest BCUT2D eigenvalue weighted by molar-refractivity contribution is -0.660. The standard InChI is InChI=1S/C23H25N2O/c1-14(2)11-17-12-20(25(5)13-16(17)4)21-15(3)8-9-18-19-7-6-10-24-23(19)26-22(18)21/h6-10,12-14H,11H2,1-5H3/q+1/i1D3,4D3,11D2,14D. The highest BCUT2D eigenvalue weighted by Crippen LogP contribution is 2.36. The van der Waals surface area contributed by atoms with Crippen LogP contribution in [0.4, 0.5) is 0 Å². The van der Waals surface area contributed by atoms with E-state index >= 15 is 0 Å². The van der Waals surface area contributed by atoms with Crippen LogP contribution in [0, 0.1) is 19.7 Å². The highest BCUT2D eigenvalue weighted by molar-refractivity contribution is 6.08. The van der Waals surface area contributed by atoms with E-state index in [4.69, 9.17) is 16.8 Å². The Morgan fingerprint density at radius 3 is 3.00 bits per heavy atom. The topological polar surface area (TPSA) is 29.9 Å². The number of aromatic nitrogens is 2. The minimum Gasteiger partial charge on any atom is -0.437 e. The summed E-state index contributed by atoms with van der Waals surface area (Å²) >= 11 is 0. The smallest absolute Gasteiger partial charge is 0.227 e. The van der Waals surface area contributed by atoms with Crippen LogP contribution in [-0.2, 0) is 13.4 Å². The van der Waals surface area contributed by atoms with Crippen molar-refractivity contribution in [2.45, 2.75) is 33.9 Å². The molecule has 3 heterocycles. The second-order valence-electron chi connectivity index (χ2n) is 6.44. The summed E-state index contributed by atoms with van der Waals surface area (Å²) in [4.78, 5) is 4.27. The second kappa shape index (κ2) is 6.24. The van der Waals surface area contributed by atoms with E-state index < -0.39 is 26.0 Å². The number of nitrogens with zero attached hydrogens (tertiary/aromatic N) is 2. The van der Waals surface area contributed by atoms with Crippen LogP contribution in [0.3, 0.4) is 0 Å². The molecule has 0 aliphatic carbocycles. The number of fused-ring (bicyclic) bond motifs is 3. The van der Waals surface area contributed by atoms with Crippen molar-refractivity contribution in [3.05, 3.63) is 59.4 Å². The highest BCUT2D eigenvalue weighted by Gasteiger charge is 2.22. The van der Waals surface area contributed by atoms with Gasteiger partial charge in [0.15, 0.2) is 11.8 Å². The molecule has 1 unspecified atom stereocenters. The quantitative estimate of drug-likeness (QED) is 0.468. The molecule has 4 aromatic rings. The molecule has 0 spiro atoms. The van der Waals surface area contributed by atoms with Crippen LogP contribution in [0.1, 0.15) is 42.8 Å². The average molecular weight is 355 g/mol. The zero-order valence-electron chi connectivity index (χ0n) is 23.8. The summed E-state index contributed by atoms with van der Waals surface area (Å²) in [6.45, 7) is -2.94. The number of pyridine rings is 2. The van der Waals surface area contributed by atoms with E-state index in [1.807, 2.05) is 25.1 Å². The van der Waals surface area contributed by atoms with Crippen LogP contribution >= 0.6 is 0 Å². The van der Waals surface area contributed by atoms with Gasteiger partial charge in [-0.05, 0) is 49.3 Å². The molecule has 132 valence electrons. The van der Waals surface area contributed by atoms with Gasteiger partial charge >= 0.3 is 0 Å². The van der Waals surface area contributed by atoms with Gasteiger partial charge in [0.05, 0.1) is 5.56 Å². The first kappa shape index (κ1) is 9.31. The molecule has 0 saturated carbocycles. The maximum atomic E-state index is 8.71. The van der Waals surface area contributed by atoms with E-state index in [9.17, 15) is 0 Å². The van der Waals surface area contributed by atoms with Crippen LogP contribution in [0.2, 0.25) is 0 Å². The van der Waals surface area contributed by atoms with Gasteiger partial charge in [-0.1, -0.05) is 25.9 Å². The SMILES string of the molecule is [2H]C([2H])([2H])c1c[n+](C)c(-c2c(C)ccc3c2oc2ncccc23)cc1C([2H])([2H])C([2H])(C)C([2H])([2H])[2H]. The van der Waals surface area contributed by atoms with Crippen molar-refractivity contribution in [3.63, 3.8) is 0 Å². The van der Waals surface area contributed by atoms with Crippen molar-refractivity contribution >= 4 is 22.1 Å². The van der Waals surface area contributed by atoms with Crippen molar-refractivity contribution < 1.29 is 21.3 Å². The van der Waals surface area contributed by atoms with Crippen LogP contribution in [-0.4, -0.2) is 4.98 Å². The zero-order chi connectivity index (χ0) is 26.1. The third-order valence-electron chi connectivity index (χ3n) is 4.48. The van der Waals surface area contributed by atoms with Crippen molar-refractivity contribution in [1.82, 2.24) is 4.98 Å². The van der Waals surface area contributed by atoms with Gasteiger partial charge in [-0.15, -0.1) is 0 Å². The number of rotatable bonds is 3. The van der Waals surface area contributed by atoms with Gasteiger partial charge < -0.3 is 4.42 Å². The van der Waals surface area contributed by atoms with Crippen LogP contribution in [0.5, 0.6) is 0 Å². The molecule has 3 heteroatoms. The monoisotopic (exact) mass is 354 g/mol. The predicted octanol–water partition coefficient (Wildman–Crippen LogP) is 5.29. The van der Waals surface area contributed by atoms with Gasteiger partial charge in [0.25, 0.3) is 0 Å². The first-order valence-corrected chi connectivity index (χ1v) is 8.30. The van der Waals surface area contributed by atoms with Gasteiger partial charge in [-0.25, -0.2) is 9.55 Å². The summed E-state index contributed by atoms with van der Waals surface area (Å²) in [5.41, 5.74) is 1.99. The van der Waals surface area contributed by atoms with Gasteiger partial charge in [0.1, 0.15) is 7.05 Å². The van der Waals surface area contributed by atoms with Crippen molar-refractivity contribution in [2.75, 3.05) is 0 Å². The fourth-order valence-electron chi connectivity index (χ4n) is 3.29. The maximum absolute atomic E-state index is 8.71. The molecule has 0 aliphatic heterocycles. The lowest BCUT2D eigenvalue weighted by atomic mass is 9.95. The van der Waals surface area contributed by atoms with E-state index in [2.05, 4.69) is 4.98 Å². The molecule has 0 fully saturated rings. The molecule has 0 radical (unpaired) electrons. The Morgan fingerprint density at radius 2 is 2.19 bits per heavy atom. The van der Waals surface area contributed by atoms with E-state index in [0.717, 1.165) is 23.3 Å². The number of hydrogen-bond donors (Lipinski definition) is 0. The molecule has 0 saturated heterocycles. The summed E-state index contributed by atoms with van der Waals surface area (Å²) in [5.74, 6) is -2.62. The molecule has 0 aliphatic rings. The lowest BCUT2D eigenvalue weighted by Gasteiger charge is -2.11. The lowest BCUT2D eigenvalue weighted by Crippen LogP contribution is -2.32. The Kier molecular flexibility index (Phi) is 2.24. The summed E-state index contributed by atoms with van der Waals surface area (Å²) in [6, 6.07) is 8.77. The highest BCUT2D eigenvalue weighted by atomic mass is 16.3. The fraction of sp³-hybridized carbons (Fsp3) is 0.304. The van der Waals surface area contributed by atoms with E-state index in [0.29, 0.717) is 22.6 Å². The molecule has 3 aromatic heterocycles. The minimum atomic E-state index is -3.01. The van der Waals surface area contributed by atoms with E-state index in [-0.39, 0.29) is 11.1 Å². The predicted molar refractivity (Wildman–Crippen MR) is 106 cm³/mol. The van der Waals surface area contributed by atoms with Crippen LogP contribution in [0.25, 0.3) is 33.3 Å². The number of benzene rings is 1. The maximum Gasteiger partial charge on any atom is 0.227 e. The molecule has 1 aromatic carbocycles. The molecule has 0 bridgehead atoms. The minimum absolute atomic E-state index is 0.354. The van der Waals surface area contributed by atoms with Gasteiger partial charge in [-0.2, -0.15) is 0 Å². The Labute approximate surface area is 166 Å². The Bertz CT molecular complexity index is 1450. The average Bonchev–Trinajstić information content (AvgIpc) is 3.10. The summed E-state index contributed by atoms with van der Waals surface area (Å²) in [5, 5.41) is 1.58.